The number of benzene rings is 2. The van der Waals surface area contributed by atoms with Gasteiger partial charge in [0, 0.05) is 11.7 Å². The SMILES string of the molecule is CCOc1ccc(C2(CC)Nc3ccccc3C(=O)N2C(C)CC)cc1. The molecule has 26 heavy (non-hydrogen) atoms. The fourth-order valence-electron chi connectivity index (χ4n) is 3.79. The molecule has 0 fully saturated rings. The lowest BCUT2D eigenvalue weighted by molar-refractivity contribution is 0.0335. The Kier molecular flexibility index (Phi) is 5.21. The third-order valence-electron chi connectivity index (χ3n) is 5.32. The molecule has 1 N–H and O–H groups in total. The van der Waals surface area contributed by atoms with Gasteiger partial charge in [0.25, 0.3) is 5.91 Å². The minimum absolute atomic E-state index is 0.0874. The number of para-hydroxylation sites is 1. The second-order valence-electron chi connectivity index (χ2n) is 6.77. The van der Waals surface area contributed by atoms with E-state index in [0.29, 0.717) is 6.61 Å². The van der Waals surface area contributed by atoms with E-state index in [9.17, 15) is 4.79 Å². The number of nitrogens with zero attached hydrogens (tertiary/aromatic N) is 1. The summed E-state index contributed by atoms with van der Waals surface area (Å²) in [7, 11) is 0. The van der Waals surface area contributed by atoms with Crippen LogP contribution in [0.25, 0.3) is 0 Å². The molecule has 1 aliphatic rings. The van der Waals surface area contributed by atoms with Crippen molar-refractivity contribution in [3.63, 3.8) is 0 Å². The maximum absolute atomic E-state index is 13.4. The Morgan fingerprint density at radius 3 is 2.38 bits per heavy atom. The van der Waals surface area contributed by atoms with E-state index in [1.807, 2.05) is 48.2 Å². The molecule has 0 spiro atoms. The maximum atomic E-state index is 13.4. The largest absolute Gasteiger partial charge is 0.494 e. The average Bonchev–Trinajstić information content (AvgIpc) is 2.68. The smallest absolute Gasteiger partial charge is 0.258 e. The lowest BCUT2D eigenvalue weighted by atomic mass is 9.88. The van der Waals surface area contributed by atoms with Crippen molar-refractivity contribution in [1.82, 2.24) is 4.90 Å². The second kappa shape index (κ2) is 7.40. The highest BCUT2D eigenvalue weighted by Gasteiger charge is 2.46. The highest BCUT2D eigenvalue weighted by Crippen LogP contribution is 2.42. The number of carbonyl (C=O) groups is 1. The highest BCUT2D eigenvalue weighted by atomic mass is 16.5. The molecule has 0 saturated carbocycles. The van der Waals surface area contributed by atoms with Crippen LogP contribution in [0, 0.1) is 0 Å². The predicted molar refractivity (Wildman–Crippen MR) is 106 cm³/mol. The Labute approximate surface area is 156 Å². The molecule has 4 heteroatoms. The zero-order valence-electron chi connectivity index (χ0n) is 16.1. The van der Waals surface area contributed by atoms with Gasteiger partial charge in [-0.25, -0.2) is 0 Å². The van der Waals surface area contributed by atoms with E-state index in [4.69, 9.17) is 4.74 Å². The van der Waals surface area contributed by atoms with Gasteiger partial charge in [0.1, 0.15) is 11.4 Å². The number of rotatable bonds is 6. The Morgan fingerprint density at radius 1 is 1.08 bits per heavy atom. The van der Waals surface area contributed by atoms with Crippen molar-refractivity contribution in [2.24, 2.45) is 0 Å². The molecule has 2 aromatic carbocycles. The van der Waals surface area contributed by atoms with Crippen LogP contribution in [0.4, 0.5) is 5.69 Å². The van der Waals surface area contributed by atoms with Crippen LogP contribution in [0.5, 0.6) is 5.75 Å². The third-order valence-corrected chi connectivity index (χ3v) is 5.32. The standard InChI is InChI=1S/C22H28N2O2/c1-5-16(4)24-21(25)19-10-8-9-11-20(19)23-22(24,6-2)17-12-14-18(15-13-17)26-7-3/h8-16,23H,5-7H2,1-4H3. The van der Waals surface area contributed by atoms with Gasteiger partial charge in [-0.1, -0.05) is 38.1 Å². The molecule has 2 aromatic rings. The number of hydrogen-bond acceptors (Lipinski definition) is 3. The lowest BCUT2D eigenvalue weighted by Crippen LogP contribution is -2.60. The number of carbonyl (C=O) groups excluding carboxylic acids is 1. The zero-order chi connectivity index (χ0) is 18.7. The van der Waals surface area contributed by atoms with E-state index in [1.54, 1.807) is 0 Å². The van der Waals surface area contributed by atoms with Crippen LogP contribution in [0.15, 0.2) is 48.5 Å². The fourth-order valence-corrected chi connectivity index (χ4v) is 3.79. The van der Waals surface area contributed by atoms with Crippen molar-refractivity contribution in [1.29, 1.82) is 0 Å². The molecule has 3 rings (SSSR count). The van der Waals surface area contributed by atoms with Gasteiger partial charge < -0.3 is 15.0 Å². The minimum Gasteiger partial charge on any atom is -0.494 e. The number of hydrogen-bond donors (Lipinski definition) is 1. The van der Waals surface area contributed by atoms with Crippen molar-refractivity contribution >= 4 is 11.6 Å². The van der Waals surface area contributed by atoms with Crippen LogP contribution in [-0.2, 0) is 5.66 Å². The van der Waals surface area contributed by atoms with Gasteiger partial charge >= 0.3 is 0 Å². The van der Waals surface area contributed by atoms with Crippen LogP contribution in [0.3, 0.4) is 0 Å². The maximum Gasteiger partial charge on any atom is 0.258 e. The van der Waals surface area contributed by atoms with Gasteiger partial charge in [-0.3, -0.25) is 4.79 Å². The van der Waals surface area contributed by atoms with Crippen molar-refractivity contribution in [2.75, 3.05) is 11.9 Å². The van der Waals surface area contributed by atoms with Gasteiger partial charge in [0.05, 0.1) is 12.2 Å². The zero-order valence-corrected chi connectivity index (χ0v) is 16.1. The van der Waals surface area contributed by atoms with Crippen molar-refractivity contribution < 1.29 is 9.53 Å². The molecule has 0 saturated heterocycles. The van der Waals surface area contributed by atoms with Gasteiger partial charge in [-0.05, 0) is 56.5 Å². The molecule has 2 atom stereocenters. The van der Waals surface area contributed by atoms with E-state index in [0.717, 1.165) is 35.4 Å². The molecule has 138 valence electrons. The first kappa shape index (κ1) is 18.3. The summed E-state index contributed by atoms with van der Waals surface area (Å²) in [5.41, 5.74) is 2.15. The molecule has 4 nitrogen and oxygen atoms in total. The van der Waals surface area contributed by atoms with Crippen LogP contribution in [0.1, 0.15) is 56.5 Å². The predicted octanol–water partition coefficient (Wildman–Crippen LogP) is 5.01. The van der Waals surface area contributed by atoms with Crippen LogP contribution < -0.4 is 10.1 Å². The van der Waals surface area contributed by atoms with E-state index >= 15 is 0 Å². The van der Waals surface area contributed by atoms with Crippen molar-refractivity contribution in [3.05, 3.63) is 59.7 Å². The highest BCUT2D eigenvalue weighted by molar-refractivity contribution is 6.02. The molecule has 1 amide bonds. The summed E-state index contributed by atoms with van der Waals surface area (Å²) in [4.78, 5) is 15.4. The van der Waals surface area contributed by atoms with Crippen LogP contribution >= 0.6 is 0 Å². The monoisotopic (exact) mass is 352 g/mol. The normalized spacial score (nSPS) is 20.3. The summed E-state index contributed by atoms with van der Waals surface area (Å²) in [6.45, 7) is 8.98. The van der Waals surface area contributed by atoms with E-state index in [-0.39, 0.29) is 11.9 Å². The molecule has 1 aliphatic heterocycles. The lowest BCUT2D eigenvalue weighted by Gasteiger charge is -2.51. The van der Waals surface area contributed by atoms with Gasteiger partial charge in [0.2, 0.25) is 0 Å². The Bertz CT molecular complexity index is 772. The van der Waals surface area contributed by atoms with E-state index < -0.39 is 5.66 Å². The summed E-state index contributed by atoms with van der Waals surface area (Å²) in [5.74, 6) is 0.935. The quantitative estimate of drug-likeness (QED) is 0.794. The van der Waals surface area contributed by atoms with E-state index in [1.165, 1.54) is 0 Å². The number of ether oxygens (including phenoxy) is 1. The van der Waals surface area contributed by atoms with Gasteiger partial charge in [0.15, 0.2) is 0 Å². The molecular weight excluding hydrogens is 324 g/mol. The summed E-state index contributed by atoms with van der Waals surface area (Å²) < 4.78 is 5.59. The first-order valence-electron chi connectivity index (χ1n) is 9.51. The summed E-state index contributed by atoms with van der Waals surface area (Å²) in [6, 6.07) is 16.0. The van der Waals surface area contributed by atoms with Crippen molar-refractivity contribution in [2.45, 2.75) is 52.2 Å². The second-order valence-corrected chi connectivity index (χ2v) is 6.77. The Balaban J connectivity index is 2.13. The van der Waals surface area contributed by atoms with E-state index in [2.05, 4.69) is 38.2 Å². The number of fused-ring (bicyclic) bond motifs is 1. The summed E-state index contributed by atoms with van der Waals surface area (Å²) >= 11 is 0. The summed E-state index contributed by atoms with van der Waals surface area (Å²) in [5, 5.41) is 3.69. The average molecular weight is 352 g/mol. The molecule has 0 bridgehead atoms. The van der Waals surface area contributed by atoms with Crippen molar-refractivity contribution in [3.8, 4) is 5.75 Å². The molecule has 2 unspecified atom stereocenters. The molecule has 0 aliphatic carbocycles. The molecule has 0 aromatic heterocycles. The summed E-state index contributed by atoms with van der Waals surface area (Å²) in [6.07, 6.45) is 1.67. The fraction of sp³-hybridized carbons (Fsp3) is 0.409. The van der Waals surface area contributed by atoms with Gasteiger partial charge in [-0.2, -0.15) is 0 Å². The van der Waals surface area contributed by atoms with Crippen LogP contribution in [-0.4, -0.2) is 23.5 Å². The number of anilines is 1. The molecule has 0 radical (unpaired) electrons. The third kappa shape index (κ3) is 2.94. The van der Waals surface area contributed by atoms with Crippen LogP contribution in [0.2, 0.25) is 0 Å². The minimum atomic E-state index is -0.564. The number of amides is 1. The first-order chi connectivity index (χ1) is 12.6. The van der Waals surface area contributed by atoms with Gasteiger partial charge in [-0.15, -0.1) is 0 Å². The first-order valence-corrected chi connectivity index (χ1v) is 9.51. The molecule has 1 heterocycles. The molecular formula is C22H28N2O2. The number of nitrogens with one attached hydrogen (secondary N) is 1. The Hall–Kier alpha value is -2.49. The Morgan fingerprint density at radius 2 is 1.77 bits per heavy atom. The topological polar surface area (TPSA) is 41.6 Å².